The molecule has 6 heteroatoms. The number of hydrogen-bond acceptors (Lipinski definition) is 4. The average Bonchev–Trinajstić information content (AvgIpc) is 3.07. The normalized spacial score (nSPS) is 23.1. The van der Waals surface area contributed by atoms with Gasteiger partial charge in [-0.15, -0.1) is 0 Å². The van der Waals surface area contributed by atoms with Crippen LogP contribution in [0.3, 0.4) is 0 Å². The third kappa shape index (κ3) is 4.80. The van der Waals surface area contributed by atoms with Crippen molar-refractivity contribution in [3.05, 3.63) is 29.6 Å². The second kappa shape index (κ2) is 9.38. The standard InChI is InChI=1S/C24H37N5O/c1-16(2)15-21-23(26-18-7-4-3-5-8-18)29-14-6-9-20(22(29)28-21)24(30)27-19-12-10-17(25)11-13-19/h6,9,14,16-19,26H,3-5,7-8,10-13,15,25H2,1-2H3,(H,27,30). The number of aromatic nitrogens is 2. The summed E-state index contributed by atoms with van der Waals surface area (Å²) in [6.45, 7) is 4.44. The van der Waals surface area contributed by atoms with Crippen molar-refractivity contribution in [2.75, 3.05) is 5.32 Å². The maximum atomic E-state index is 13.1. The van der Waals surface area contributed by atoms with Crippen molar-refractivity contribution in [1.82, 2.24) is 14.7 Å². The summed E-state index contributed by atoms with van der Waals surface area (Å²) in [7, 11) is 0. The second-order valence-electron chi connectivity index (χ2n) is 9.68. The molecule has 2 aromatic rings. The lowest BCUT2D eigenvalue weighted by molar-refractivity contribution is 0.0927. The Morgan fingerprint density at radius 3 is 2.57 bits per heavy atom. The van der Waals surface area contributed by atoms with Crippen LogP contribution in [0.2, 0.25) is 0 Å². The van der Waals surface area contributed by atoms with Gasteiger partial charge < -0.3 is 16.4 Å². The minimum Gasteiger partial charge on any atom is -0.367 e. The topological polar surface area (TPSA) is 84.5 Å². The molecular formula is C24H37N5O. The summed E-state index contributed by atoms with van der Waals surface area (Å²) in [4.78, 5) is 18.1. The quantitative estimate of drug-likeness (QED) is 0.662. The van der Waals surface area contributed by atoms with Gasteiger partial charge in [-0.3, -0.25) is 9.20 Å². The van der Waals surface area contributed by atoms with Crippen molar-refractivity contribution >= 4 is 17.4 Å². The SMILES string of the molecule is CC(C)Cc1nc2c(C(=O)NC3CCC(N)CC3)cccn2c1NC1CCCCC1. The lowest BCUT2D eigenvalue weighted by atomic mass is 9.91. The molecular weight excluding hydrogens is 374 g/mol. The van der Waals surface area contributed by atoms with E-state index in [-0.39, 0.29) is 18.0 Å². The summed E-state index contributed by atoms with van der Waals surface area (Å²) in [6, 6.07) is 4.85. The van der Waals surface area contributed by atoms with Crippen LogP contribution in [0.4, 0.5) is 5.82 Å². The molecule has 0 saturated heterocycles. The van der Waals surface area contributed by atoms with Crippen molar-refractivity contribution in [3.63, 3.8) is 0 Å². The zero-order valence-electron chi connectivity index (χ0n) is 18.5. The minimum absolute atomic E-state index is 0.0219. The van der Waals surface area contributed by atoms with Gasteiger partial charge in [-0.1, -0.05) is 33.1 Å². The maximum absolute atomic E-state index is 13.1. The summed E-state index contributed by atoms with van der Waals surface area (Å²) in [5, 5.41) is 7.02. The molecule has 164 valence electrons. The van der Waals surface area contributed by atoms with E-state index < -0.39 is 0 Å². The fourth-order valence-electron chi connectivity index (χ4n) is 4.94. The first-order valence-corrected chi connectivity index (χ1v) is 11.8. The Hall–Kier alpha value is -2.08. The van der Waals surface area contributed by atoms with Gasteiger partial charge in [0.25, 0.3) is 5.91 Å². The number of nitrogens with one attached hydrogen (secondary N) is 2. The molecule has 0 bridgehead atoms. The molecule has 2 heterocycles. The average molecular weight is 412 g/mol. The molecule has 30 heavy (non-hydrogen) atoms. The molecule has 2 saturated carbocycles. The fourth-order valence-corrected chi connectivity index (χ4v) is 4.94. The van der Waals surface area contributed by atoms with Crippen LogP contribution >= 0.6 is 0 Å². The highest BCUT2D eigenvalue weighted by Gasteiger charge is 2.24. The van der Waals surface area contributed by atoms with E-state index in [1.54, 1.807) is 0 Å². The van der Waals surface area contributed by atoms with E-state index in [2.05, 4.69) is 28.9 Å². The third-order valence-corrected chi connectivity index (χ3v) is 6.62. The second-order valence-corrected chi connectivity index (χ2v) is 9.68. The Labute approximate surface area is 180 Å². The van der Waals surface area contributed by atoms with Gasteiger partial charge in [0.05, 0.1) is 11.3 Å². The summed E-state index contributed by atoms with van der Waals surface area (Å²) < 4.78 is 2.10. The molecule has 0 aromatic carbocycles. The number of amides is 1. The number of fused-ring (bicyclic) bond motifs is 1. The highest BCUT2D eigenvalue weighted by Crippen LogP contribution is 2.28. The number of imidazole rings is 1. The molecule has 0 spiro atoms. The molecule has 4 N–H and O–H groups in total. The molecule has 0 atom stereocenters. The molecule has 6 nitrogen and oxygen atoms in total. The zero-order chi connectivity index (χ0) is 21.1. The van der Waals surface area contributed by atoms with Crippen LogP contribution in [-0.4, -0.2) is 33.4 Å². The molecule has 2 aromatic heterocycles. The van der Waals surface area contributed by atoms with Crippen LogP contribution in [0.1, 0.15) is 87.7 Å². The molecule has 1 amide bonds. The zero-order valence-corrected chi connectivity index (χ0v) is 18.5. The first kappa shape index (κ1) is 21.2. The molecule has 0 unspecified atom stereocenters. The van der Waals surface area contributed by atoms with Crippen molar-refractivity contribution in [2.24, 2.45) is 11.7 Å². The maximum Gasteiger partial charge on any atom is 0.255 e. The van der Waals surface area contributed by atoms with Gasteiger partial charge in [-0.25, -0.2) is 4.98 Å². The molecule has 0 aliphatic heterocycles. The number of hydrogen-bond donors (Lipinski definition) is 3. The Morgan fingerprint density at radius 2 is 1.87 bits per heavy atom. The number of nitrogens with two attached hydrogens (primary N) is 1. The van der Waals surface area contributed by atoms with E-state index in [1.807, 2.05) is 18.3 Å². The van der Waals surface area contributed by atoms with Crippen LogP contribution in [0, 0.1) is 5.92 Å². The van der Waals surface area contributed by atoms with E-state index in [0.717, 1.165) is 49.3 Å². The van der Waals surface area contributed by atoms with Gasteiger partial charge >= 0.3 is 0 Å². The van der Waals surface area contributed by atoms with Crippen LogP contribution in [0.25, 0.3) is 5.65 Å². The van der Waals surface area contributed by atoms with Gasteiger partial charge in [0.2, 0.25) is 0 Å². The van der Waals surface area contributed by atoms with Crippen molar-refractivity contribution in [2.45, 2.75) is 96.2 Å². The first-order chi connectivity index (χ1) is 14.5. The number of nitrogens with zero attached hydrogens (tertiary/aromatic N) is 2. The van der Waals surface area contributed by atoms with E-state index in [1.165, 1.54) is 32.1 Å². The molecule has 4 rings (SSSR count). The monoisotopic (exact) mass is 411 g/mol. The smallest absolute Gasteiger partial charge is 0.255 e. The predicted molar refractivity (Wildman–Crippen MR) is 122 cm³/mol. The Balaban J connectivity index is 1.61. The van der Waals surface area contributed by atoms with Crippen LogP contribution in [0.15, 0.2) is 18.3 Å². The van der Waals surface area contributed by atoms with Crippen LogP contribution in [-0.2, 0) is 6.42 Å². The largest absolute Gasteiger partial charge is 0.367 e. The van der Waals surface area contributed by atoms with Gasteiger partial charge in [-0.05, 0) is 63.0 Å². The Kier molecular flexibility index (Phi) is 6.61. The molecule has 2 fully saturated rings. The highest BCUT2D eigenvalue weighted by molar-refractivity contribution is 6.00. The van der Waals surface area contributed by atoms with E-state index in [0.29, 0.717) is 17.5 Å². The third-order valence-electron chi connectivity index (χ3n) is 6.62. The van der Waals surface area contributed by atoms with Crippen molar-refractivity contribution in [3.8, 4) is 0 Å². The van der Waals surface area contributed by atoms with Gasteiger partial charge in [0, 0.05) is 24.3 Å². The number of anilines is 1. The van der Waals surface area contributed by atoms with E-state index in [9.17, 15) is 4.79 Å². The van der Waals surface area contributed by atoms with Crippen LogP contribution in [0.5, 0.6) is 0 Å². The predicted octanol–water partition coefficient (Wildman–Crippen LogP) is 4.28. The van der Waals surface area contributed by atoms with Gasteiger partial charge in [-0.2, -0.15) is 0 Å². The lowest BCUT2D eigenvalue weighted by Gasteiger charge is -2.26. The highest BCUT2D eigenvalue weighted by atomic mass is 16.1. The van der Waals surface area contributed by atoms with Gasteiger partial charge in [0.15, 0.2) is 5.65 Å². The summed E-state index contributed by atoms with van der Waals surface area (Å²) in [6.07, 6.45) is 13.1. The van der Waals surface area contributed by atoms with E-state index in [4.69, 9.17) is 10.7 Å². The van der Waals surface area contributed by atoms with Gasteiger partial charge in [0.1, 0.15) is 5.82 Å². The van der Waals surface area contributed by atoms with Crippen molar-refractivity contribution in [1.29, 1.82) is 0 Å². The Bertz CT molecular complexity index is 860. The molecule has 2 aliphatic carbocycles. The Morgan fingerprint density at radius 1 is 1.13 bits per heavy atom. The number of pyridine rings is 1. The summed E-state index contributed by atoms with van der Waals surface area (Å²) in [5.74, 6) is 1.56. The summed E-state index contributed by atoms with van der Waals surface area (Å²) in [5.41, 5.74) is 8.51. The minimum atomic E-state index is -0.0219. The summed E-state index contributed by atoms with van der Waals surface area (Å²) >= 11 is 0. The molecule has 0 radical (unpaired) electrons. The fraction of sp³-hybridized carbons (Fsp3) is 0.667. The first-order valence-electron chi connectivity index (χ1n) is 11.8. The number of carbonyl (C=O) groups is 1. The lowest BCUT2D eigenvalue weighted by Crippen LogP contribution is -2.40. The van der Waals surface area contributed by atoms with Crippen molar-refractivity contribution < 1.29 is 4.79 Å². The van der Waals surface area contributed by atoms with E-state index >= 15 is 0 Å². The number of carbonyl (C=O) groups excluding carboxylic acids is 1. The van der Waals surface area contributed by atoms with Crippen LogP contribution < -0.4 is 16.4 Å². The number of rotatable bonds is 6. The molecule has 2 aliphatic rings.